The zero-order valence-corrected chi connectivity index (χ0v) is 10.9. The molecule has 1 aromatic carbocycles. The highest BCUT2D eigenvalue weighted by molar-refractivity contribution is 6.19. The Morgan fingerprint density at radius 2 is 2.05 bits per heavy atom. The van der Waals surface area contributed by atoms with Crippen LogP contribution in [0.4, 0.5) is 13.2 Å². The Balaban J connectivity index is 2.71. The molecule has 1 unspecified atom stereocenters. The van der Waals surface area contributed by atoms with Crippen molar-refractivity contribution in [2.45, 2.75) is 19.8 Å². The van der Waals surface area contributed by atoms with Gasteiger partial charge in [-0.1, -0.05) is 25.1 Å². The Bertz CT molecular complexity index is 437. The molecule has 0 aromatic heterocycles. The Labute approximate surface area is 113 Å². The standard InChI is InChI=1S/C12H13ClF3NO2/c1-8(6-13)11(18)17-7-9-4-2-3-5-10(9)19-12(14,15)16/h2-5,8H,6-7H2,1H3,(H,17,18). The molecule has 0 aliphatic rings. The summed E-state index contributed by atoms with van der Waals surface area (Å²) >= 11 is 5.51. The van der Waals surface area contributed by atoms with Gasteiger partial charge in [-0.25, -0.2) is 0 Å². The van der Waals surface area contributed by atoms with Gasteiger partial charge < -0.3 is 10.1 Å². The molecule has 1 amide bonds. The van der Waals surface area contributed by atoms with Crippen molar-refractivity contribution in [3.63, 3.8) is 0 Å². The maximum absolute atomic E-state index is 12.2. The Kier molecular flexibility index (Phi) is 5.47. The lowest BCUT2D eigenvalue weighted by molar-refractivity contribution is -0.274. The second-order valence-corrected chi connectivity index (χ2v) is 4.24. The molecule has 19 heavy (non-hydrogen) atoms. The maximum atomic E-state index is 12.2. The minimum Gasteiger partial charge on any atom is -0.405 e. The van der Waals surface area contributed by atoms with Crippen LogP contribution < -0.4 is 10.1 Å². The van der Waals surface area contributed by atoms with Gasteiger partial charge in [-0.2, -0.15) is 0 Å². The van der Waals surface area contributed by atoms with Crippen LogP contribution in [-0.4, -0.2) is 18.1 Å². The minimum atomic E-state index is -4.76. The summed E-state index contributed by atoms with van der Waals surface area (Å²) in [6, 6.07) is 5.64. The fourth-order valence-corrected chi connectivity index (χ4v) is 1.44. The van der Waals surface area contributed by atoms with Crippen molar-refractivity contribution in [1.82, 2.24) is 5.32 Å². The van der Waals surface area contributed by atoms with E-state index in [-0.39, 0.29) is 29.6 Å². The van der Waals surface area contributed by atoms with Gasteiger partial charge in [0, 0.05) is 23.9 Å². The molecule has 0 radical (unpaired) electrons. The number of carbonyl (C=O) groups is 1. The molecule has 1 N–H and O–H groups in total. The molecule has 0 spiro atoms. The summed E-state index contributed by atoms with van der Waals surface area (Å²) < 4.78 is 40.4. The van der Waals surface area contributed by atoms with Gasteiger partial charge in [0.05, 0.1) is 0 Å². The van der Waals surface area contributed by atoms with Crippen LogP contribution in [0.1, 0.15) is 12.5 Å². The fourth-order valence-electron chi connectivity index (χ4n) is 1.30. The normalized spacial score (nSPS) is 12.9. The highest BCUT2D eigenvalue weighted by Gasteiger charge is 2.32. The molecule has 1 aromatic rings. The number of ether oxygens (including phenoxy) is 1. The molecule has 7 heteroatoms. The Hall–Kier alpha value is -1.43. The van der Waals surface area contributed by atoms with E-state index in [0.717, 1.165) is 0 Å². The van der Waals surface area contributed by atoms with Crippen molar-refractivity contribution < 1.29 is 22.7 Å². The number of rotatable bonds is 5. The van der Waals surface area contributed by atoms with Gasteiger partial charge in [0.15, 0.2) is 0 Å². The van der Waals surface area contributed by atoms with Gasteiger partial charge in [0.2, 0.25) is 5.91 Å². The summed E-state index contributed by atoms with van der Waals surface area (Å²) in [7, 11) is 0. The minimum absolute atomic E-state index is 0.0493. The van der Waals surface area contributed by atoms with Crippen LogP contribution >= 0.6 is 11.6 Å². The maximum Gasteiger partial charge on any atom is 0.573 e. The highest BCUT2D eigenvalue weighted by atomic mass is 35.5. The smallest absolute Gasteiger partial charge is 0.405 e. The van der Waals surface area contributed by atoms with Gasteiger partial charge in [-0.3, -0.25) is 4.79 Å². The molecule has 0 bridgehead atoms. The molecule has 0 fully saturated rings. The first-order valence-corrected chi connectivity index (χ1v) is 6.04. The van der Waals surface area contributed by atoms with Gasteiger partial charge in [0.25, 0.3) is 0 Å². The van der Waals surface area contributed by atoms with E-state index in [4.69, 9.17) is 11.6 Å². The Morgan fingerprint density at radius 1 is 1.42 bits per heavy atom. The van der Waals surface area contributed by atoms with Gasteiger partial charge in [-0.15, -0.1) is 24.8 Å². The van der Waals surface area contributed by atoms with Crippen LogP contribution in [0.15, 0.2) is 24.3 Å². The molecule has 0 aliphatic heterocycles. The van der Waals surface area contributed by atoms with Crippen LogP contribution in [-0.2, 0) is 11.3 Å². The Morgan fingerprint density at radius 3 is 2.63 bits per heavy atom. The van der Waals surface area contributed by atoms with E-state index in [1.165, 1.54) is 18.2 Å². The number of hydrogen-bond donors (Lipinski definition) is 1. The predicted octanol–water partition coefficient (Wildman–Crippen LogP) is 3.08. The van der Waals surface area contributed by atoms with Crippen molar-refractivity contribution in [2.24, 2.45) is 5.92 Å². The topological polar surface area (TPSA) is 38.3 Å². The van der Waals surface area contributed by atoms with Gasteiger partial charge in [0.1, 0.15) is 5.75 Å². The summed E-state index contributed by atoms with van der Waals surface area (Å²) in [5.41, 5.74) is 0.245. The average Bonchev–Trinajstić information content (AvgIpc) is 2.34. The molecule has 1 rings (SSSR count). The summed E-state index contributed by atoms with van der Waals surface area (Å²) in [5, 5.41) is 2.51. The largest absolute Gasteiger partial charge is 0.573 e. The van der Waals surface area contributed by atoms with Crippen LogP contribution in [0.5, 0.6) is 5.75 Å². The van der Waals surface area contributed by atoms with E-state index in [2.05, 4.69) is 10.1 Å². The lowest BCUT2D eigenvalue weighted by atomic mass is 10.1. The molecule has 3 nitrogen and oxygen atoms in total. The number of halogens is 4. The van der Waals surface area contributed by atoms with Crippen molar-refractivity contribution in [3.8, 4) is 5.75 Å². The number of para-hydroxylation sites is 1. The lowest BCUT2D eigenvalue weighted by Gasteiger charge is -2.14. The third-order valence-electron chi connectivity index (χ3n) is 2.33. The van der Waals surface area contributed by atoms with Crippen LogP contribution in [0.3, 0.4) is 0 Å². The summed E-state index contributed by atoms with van der Waals surface area (Å²) in [6.45, 7) is 1.58. The van der Waals surface area contributed by atoms with Crippen LogP contribution in [0.25, 0.3) is 0 Å². The average molecular weight is 296 g/mol. The highest BCUT2D eigenvalue weighted by Crippen LogP contribution is 2.26. The van der Waals surface area contributed by atoms with Gasteiger partial charge >= 0.3 is 6.36 Å². The molecule has 0 saturated carbocycles. The zero-order valence-electron chi connectivity index (χ0n) is 10.1. The first-order chi connectivity index (χ1) is 8.83. The quantitative estimate of drug-likeness (QED) is 0.848. The molecule has 1 atom stereocenters. The van der Waals surface area contributed by atoms with Crippen molar-refractivity contribution >= 4 is 17.5 Å². The first-order valence-electron chi connectivity index (χ1n) is 5.51. The third kappa shape index (κ3) is 5.38. The molecule has 0 heterocycles. The van der Waals surface area contributed by atoms with E-state index in [0.29, 0.717) is 0 Å². The molecule has 106 valence electrons. The van der Waals surface area contributed by atoms with E-state index in [1.54, 1.807) is 13.0 Å². The van der Waals surface area contributed by atoms with Gasteiger partial charge in [-0.05, 0) is 6.07 Å². The van der Waals surface area contributed by atoms with Crippen molar-refractivity contribution in [3.05, 3.63) is 29.8 Å². The van der Waals surface area contributed by atoms with E-state index in [9.17, 15) is 18.0 Å². The van der Waals surface area contributed by atoms with E-state index >= 15 is 0 Å². The second-order valence-electron chi connectivity index (χ2n) is 3.93. The SMILES string of the molecule is CC(CCl)C(=O)NCc1ccccc1OC(F)(F)F. The number of hydrogen-bond acceptors (Lipinski definition) is 2. The summed E-state index contributed by atoms with van der Waals surface area (Å²) in [5.74, 6) is -0.907. The number of benzene rings is 1. The summed E-state index contributed by atoms with van der Waals surface area (Å²) in [4.78, 5) is 11.5. The monoisotopic (exact) mass is 295 g/mol. The molecular weight excluding hydrogens is 283 g/mol. The van der Waals surface area contributed by atoms with Crippen molar-refractivity contribution in [1.29, 1.82) is 0 Å². The predicted molar refractivity (Wildman–Crippen MR) is 64.9 cm³/mol. The van der Waals surface area contributed by atoms with E-state index in [1.807, 2.05) is 0 Å². The lowest BCUT2D eigenvalue weighted by Crippen LogP contribution is -2.30. The second kappa shape index (κ2) is 6.65. The van der Waals surface area contributed by atoms with E-state index < -0.39 is 12.3 Å². The molecule has 0 saturated heterocycles. The van der Waals surface area contributed by atoms with Crippen molar-refractivity contribution in [2.75, 3.05) is 5.88 Å². The number of amides is 1. The van der Waals surface area contributed by atoms with Crippen LogP contribution in [0.2, 0.25) is 0 Å². The van der Waals surface area contributed by atoms with Crippen LogP contribution in [0, 0.1) is 5.92 Å². The fraction of sp³-hybridized carbons (Fsp3) is 0.417. The molecular formula is C12H13ClF3NO2. The molecule has 0 aliphatic carbocycles. The number of carbonyl (C=O) groups excluding carboxylic acids is 1. The first kappa shape index (κ1) is 15.6. The summed E-state index contributed by atoms with van der Waals surface area (Å²) in [6.07, 6.45) is -4.76. The third-order valence-corrected chi connectivity index (χ3v) is 2.79. The number of nitrogens with one attached hydrogen (secondary N) is 1. The number of alkyl halides is 4. The zero-order chi connectivity index (χ0) is 14.5.